The third kappa shape index (κ3) is 6.38. The van der Waals surface area contributed by atoms with Crippen LogP contribution in [0, 0.1) is 0 Å². The van der Waals surface area contributed by atoms with Crippen molar-refractivity contribution in [2.75, 3.05) is 11.9 Å². The molecule has 0 radical (unpaired) electrons. The second kappa shape index (κ2) is 8.52. The lowest BCUT2D eigenvalue weighted by Crippen LogP contribution is -2.10. The monoisotopic (exact) mass is 291 g/mol. The number of ether oxygens (including phenoxy) is 1. The van der Waals surface area contributed by atoms with Gasteiger partial charge in [0.2, 0.25) is 5.91 Å². The Hall–Kier alpha value is -2.63. The Labute approximate surface area is 122 Å². The predicted molar refractivity (Wildman–Crippen MR) is 77.0 cm³/mol. The van der Waals surface area contributed by atoms with Gasteiger partial charge in [0.25, 0.3) is 0 Å². The van der Waals surface area contributed by atoms with E-state index < -0.39 is 17.8 Å². The number of carboxylic acids is 1. The molecule has 1 aromatic rings. The van der Waals surface area contributed by atoms with Crippen molar-refractivity contribution in [2.45, 2.75) is 19.8 Å². The van der Waals surface area contributed by atoms with Crippen LogP contribution in [0.4, 0.5) is 5.69 Å². The average molecular weight is 291 g/mol. The van der Waals surface area contributed by atoms with Crippen molar-refractivity contribution in [1.29, 1.82) is 0 Å². The quantitative estimate of drug-likeness (QED) is 0.456. The predicted octanol–water partition coefficient (Wildman–Crippen LogP) is 2.22. The highest BCUT2D eigenvalue weighted by Gasteiger charge is 2.08. The van der Waals surface area contributed by atoms with Gasteiger partial charge >= 0.3 is 11.9 Å². The standard InChI is InChI=1S/C15H17NO5/c1-2-3-9-21-15(20)11-5-4-6-12(10-11)16-13(17)7-8-14(18)19/h4-8,10H,2-3,9H2,1H3,(H,16,17)(H,18,19)/b8-7-. The Balaban J connectivity index is 2.65. The molecule has 0 aromatic heterocycles. The van der Waals surface area contributed by atoms with Gasteiger partial charge < -0.3 is 15.2 Å². The number of esters is 1. The van der Waals surface area contributed by atoms with Crippen LogP contribution in [0.3, 0.4) is 0 Å². The summed E-state index contributed by atoms with van der Waals surface area (Å²) in [5.74, 6) is -2.26. The Morgan fingerprint density at radius 3 is 2.71 bits per heavy atom. The lowest BCUT2D eigenvalue weighted by Gasteiger charge is -2.06. The van der Waals surface area contributed by atoms with Gasteiger partial charge in [-0.15, -0.1) is 0 Å². The van der Waals surface area contributed by atoms with Crippen LogP contribution in [0.2, 0.25) is 0 Å². The van der Waals surface area contributed by atoms with Crippen molar-refractivity contribution < 1.29 is 24.2 Å². The molecule has 112 valence electrons. The number of carbonyl (C=O) groups excluding carboxylic acids is 2. The number of unbranched alkanes of at least 4 members (excludes halogenated alkanes) is 1. The number of benzene rings is 1. The topological polar surface area (TPSA) is 92.7 Å². The molecular formula is C15H17NO5. The number of amides is 1. The van der Waals surface area contributed by atoms with Crippen LogP contribution in [-0.2, 0) is 14.3 Å². The normalized spacial score (nSPS) is 10.3. The molecule has 1 amide bonds. The number of nitrogens with one attached hydrogen (secondary N) is 1. The zero-order chi connectivity index (χ0) is 15.7. The number of carboxylic acid groups (broad SMARTS) is 1. The van der Waals surface area contributed by atoms with Crippen LogP contribution in [0.15, 0.2) is 36.4 Å². The summed E-state index contributed by atoms with van der Waals surface area (Å²) in [4.78, 5) is 33.5. The van der Waals surface area contributed by atoms with E-state index in [9.17, 15) is 14.4 Å². The van der Waals surface area contributed by atoms with Crippen molar-refractivity contribution in [2.24, 2.45) is 0 Å². The second-order valence-corrected chi connectivity index (χ2v) is 4.23. The minimum Gasteiger partial charge on any atom is -0.478 e. The molecule has 0 fully saturated rings. The summed E-state index contributed by atoms with van der Waals surface area (Å²) in [6.45, 7) is 2.35. The zero-order valence-electron chi connectivity index (χ0n) is 11.7. The fraction of sp³-hybridized carbons (Fsp3) is 0.267. The van der Waals surface area contributed by atoms with Gasteiger partial charge in [-0.3, -0.25) is 4.79 Å². The van der Waals surface area contributed by atoms with Crippen molar-refractivity contribution >= 4 is 23.5 Å². The molecule has 6 nitrogen and oxygen atoms in total. The Bertz CT molecular complexity index is 551. The van der Waals surface area contributed by atoms with Crippen LogP contribution in [0.25, 0.3) is 0 Å². The third-order valence-electron chi connectivity index (χ3n) is 2.47. The van der Waals surface area contributed by atoms with E-state index in [-0.39, 0.29) is 0 Å². The first kappa shape index (κ1) is 16.4. The molecule has 0 atom stereocenters. The van der Waals surface area contributed by atoms with Gasteiger partial charge in [-0.1, -0.05) is 19.4 Å². The summed E-state index contributed by atoms with van der Waals surface area (Å²) < 4.78 is 5.06. The number of anilines is 1. The third-order valence-corrected chi connectivity index (χ3v) is 2.47. The van der Waals surface area contributed by atoms with E-state index in [1.165, 1.54) is 6.07 Å². The van der Waals surface area contributed by atoms with Crippen molar-refractivity contribution in [1.82, 2.24) is 0 Å². The molecule has 0 aliphatic heterocycles. The number of hydrogen-bond acceptors (Lipinski definition) is 4. The van der Waals surface area contributed by atoms with Gasteiger partial charge in [-0.2, -0.15) is 0 Å². The molecule has 1 rings (SSSR count). The highest BCUT2D eigenvalue weighted by molar-refractivity contribution is 6.03. The fourth-order valence-electron chi connectivity index (χ4n) is 1.45. The van der Waals surface area contributed by atoms with E-state index >= 15 is 0 Å². The molecule has 0 bridgehead atoms. The van der Waals surface area contributed by atoms with E-state index in [1.54, 1.807) is 18.2 Å². The lowest BCUT2D eigenvalue weighted by molar-refractivity contribution is -0.131. The Morgan fingerprint density at radius 2 is 2.05 bits per heavy atom. The summed E-state index contributed by atoms with van der Waals surface area (Å²) in [6.07, 6.45) is 3.36. The molecule has 6 heteroatoms. The summed E-state index contributed by atoms with van der Waals surface area (Å²) in [6, 6.07) is 6.25. The second-order valence-electron chi connectivity index (χ2n) is 4.23. The molecule has 0 unspecified atom stereocenters. The number of carbonyl (C=O) groups is 3. The molecule has 0 saturated heterocycles. The molecule has 0 aliphatic rings. The van der Waals surface area contributed by atoms with E-state index in [2.05, 4.69) is 5.32 Å². The lowest BCUT2D eigenvalue weighted by atomic mass is 10.2. The van der Waals surface area contributed by atoms with E-state index in [0.29, 0.717) is 17.9 Å². The van der Waals surface area contributed by atoms with E-state index in [1.807, 2.05) is 6.92 Å². The SMILES string of the molecule is CCCCOC(=O)c1cccc(NC(=O)/C=C\C(=O)O)c1. The maximum atomic E-state index is 11.7. The van der Waals surface area contributed by atoms with Crippen molar-refractivity contribution in [3.05, 3.63) is 42.0 Å². The van der Waals surface area contributed by atoms with Gasteiger partial charge in [0.15, 0.2) is 0 Å². The van der Waals surface area contributed by atoms with Gasteiger partial charge in [0.1, 0.15) is 0 Å². The van der Waals surface area contributed by atoms with Gasteiger partial charge in [0, 0.05) is 17.8 Å². The highest BCUT2D eigenvalue weighted by atomic mass is 16.5. The minimum absolute atomic E-state index is 0.325. The number of rotatable bonds is 7. The fourth-order valence-corrected chi connectivity index (χ4v) is 1.45. The zero-order valence-corrected chi connectivity index (χ0v) is 11.7. The molecule has 21 heavy (non-hydrogen) atoms. The molecule has 1 aromatic carbocycles. The van der Waals surface area contributed by atoms with E-state index in [4.69, 9.17) is 9.84 Å². The molecule has 0 saturated carbocycles. The van der Waals surface area contributed by atoms with Crippen molar-refractivity contribution in [3.8, 4) is 0 Å². The van der Waals surface area contributed by atoms with Crippen LogP contribution in [0.1, 0.15) is 30.1 Å². The maximum Gasteiger partial charge on any atom is 0.338 e. The summed E-state index contributed by atoms with van der Waals surface area (Å²) in [5, 5.41) is 10.9. The van der Waals surface area contributed by atoms with Crippen molar-refractivity contribution in [3.63, 3.8) is 0 Å². The largest absolute Gasteiger partial charge is 0.478 e. The molecule has 2 N–H and O–H groups in total. The molecule has 0 spiro atoms. The summed E-state index contributed by atoms with van der Waals surface area (Å²) >= 11 is 0. The van der Waals surface area contributed by atoms with Crippen LogP contribution >= 0.6 is 0 Å². The van der Waals surface area contributed by atoms with Gasteiger partial charge in [-0.05, 0) is 24.6 Å². The first-order chi connectivity index (χ1) is 10.0. The number of hydrogen-bond donors (Lipinski definition) is 2. The van der Waals surface area contributed by atoms with Gasteiger partial charge in [0.05, 0.1) is 12.2 Å². The molecule has 0 aliphatic carbocycles. The first-order valence-corrected chi connectivity index (χ1v) is 6.52. The highest BCUT2D eigenvalue weighted by Crippen LogP contribution is 2.12. The first-order valence-electron chi connectivity index (χ1n) is 6.52. The van der Waals surface area contributed by atoms with Crippen LogP contribution in [-0.4, -0.2) is 29.6 Å². The maximum absolute atomic E-state index is 11.7. The van der Waals surface area contributed by atoms with Gasteiger partial charge in [-0.25, -0.2) is 9.59 Å². The molecule has 0 heterocycles. The average Bonchev–Trinajstić information content (AvgIpc) is 2.45. The summed E-state index contributed by atoms with van der Waals surface area (Å²) in [7, 11) is 0. The smallest absolute Gasteiger partial charge is 0.338 e. The summed E-state index contributed by atoms with van der Waals surface area (Å²) in [5.41, 5.74) is 0.714. The van der Waals surface area contributed by atoms with E-state index in [0.717, 1.165) is 25.0 Å². The van der Waals surface area contributed by atoms with Crippen LogP contribution < -0.4 is 5.32 Å². The number of aliphatic carboxylic acids is 1. The minimum atomic E-state index is -1.21. The molecular weight excluding hydrogens is 274 g/mol. The van der Waals surface area contributed by atoms with Crippen LogP contribution in [0.5, 0.6) is 0 Å². The Kier molecular flexibility index (Phi) is 6.67. The Morgan fingerprint density at radius 1 is 1.29 bits per heavy atom.